The van der Waals surface area contributed by atoms with Crippen molar-refractivity contribution >= 4 is 23.7 Å². The van der Waals surface area contributed by atoms with Gasteiger partial charge in [-0.1, -0.05) is 0 Å². The van der Waals surface area contributed by atoms with Gasteiger partial charge in [0.25, 0.3) is 5.17 Å². The summed E-state index contributed by atoms with van der Waals surface area (Å²) in [6.45, 7) is 5.91. The zero-order chi connectivity index (χ0) is 13.2. The normalized spacial score (nSPS) is 9.94. The molecule has 0 bridgehead atoms. The Morgan fingerprint density at radius 2 is 1.88 bits per heavy atom. The quantitative estimate of drug-likeness (QED) is 0.597. The molecule has 1 rings (SSSR count). The number of ether oxygens (including phenoxy) is 1. The molecule has 0 saturated carbocycles. The number of rotatable bonds is 2. The molecule has 4 heteroatoms. The maximum atomic E-state index is 11.1. The summed E-state index contributed by atoms with van der Waals surface area (Å²) in [6, 6.07) is 1.82. The van der Waals surface area contributed by atoms with Gasteiger partial charge in [0, 0.05) is 14.1 Å². The fourth-order valence-corrected chi connectivity index (χ4v) is 1.57. The molecule has 92 valence electrons. The summed E-state index contributed by atoms with van der Waals surface area (Å²) in [7, 11) is 3.61. The predicted molar refractivity (Wildman–Crippen MR) is 73.0 cm³/mol. The Morgan fingerprint density at radius 3 is 2.35 bits per heavy atom. The van der Waals surface area contributed by atoms with Crippen LogP contribution in [0.25, 0.3) is 0 Å². The van der Waals surface area contributed by atoms with Crippen molar-refractivity contribution in [3.8, 4) is 5.75 Å². The number of hydrogen-bond donors (Lipinski definition) is 0. The molecule has 1 aromatic carbocycles. The predicted octanol–water partition coefficient (Wildman–Crippen LogP) is 2.65. The van der Waals surface area contributed by atoms with E-state index >= 15 is 0 Å². The van der Waals surface area contributed by atoms with Crippen LogP contribution in [-0.4, -0.2) is 30.5 Å². The number of thiocarbonyl (C=S) groups is 1. The van der Waals surface area contributed by atoms with E-state index in [4.69, 9.17) is 17.0 Å². The molecule has 3 nitrogen and oxygen atoms in total. The van der Waals surface area contributed by atoms with Crippen LogP contribution in [0, 0.1) is 20.8 Å². The SMILES string of the molecule is Cc1cc(C=O)c(OC(=S)N(C)C)c(C)c1C. The van der Waals surface area contributed by atoms with E-state index in [1.165, 1.54) is 0 Å². The van der Waals surface area contributed by atoms with Crippen LogP contribution >= 0.6 is 12.2 Å². The number of hydrogen-bond acceptors (Lipinski definition) is 3. The van der Waals surface area contributed by atoms with Crippen molar-refractivity contribution in [2.75, 3.05) is 14.1 Å². The number of nitrogens with zero attached hydrogens (tertiary/aromatic N) is 1. The third-order valence-electron chi connectivity index (χ3n) is 2.81. The van der Waals surface area contributed by atoms with Crippen molar-refractivity contribution in [3.05, 3.63) is 28.3 Å². The average molecular weight is 251 g/mol. The summed E-state index contributed by atoms with van der Waals surface area (Å²) in [5.41, 5.74) is 3.69. The molecule has 0 aromatic heterocycles. The summed E-state index contributed by atoms with van der Waals surface area (Å²) in [5.74, 6) is 0.557. The Labute approximate surface area is 107 Å². The van der Waals surface area contributed by atoms with Crippen LogP contribution in [-0.2, 0) is 0 Å². The molecule has 0 atom stereocenters. The van der Waals surface area contributed by atoms with Crippen molar-refractivity contribution in [1.29, 1.82) is 0 Å². The van der Waals surface area contributed by atoms with E-state index in [0.29, 0.717) is 16.5 Å². The number of aryl methyl sites for hydroxylation is 1. The van der Waals surface area contributed by atoms with Crippen molar-refractivity contribution in [1.82, 2.24) is 4.90 Å². The van der Waals surface area contributed by atoms with Crippen LogP contribution in [0.15, 0.2) is 6.07 Å². The zero-order valence-corrected chi connectivity index (χ0v) is 11.6. The van der Waals surface area contributed by atoms with Crippen LogP contribution in [0.5, 0.6) is 5.75 Å². The van der Waals surface area contributed by atoms with Gasteiger partial charge < -0.3 is 9.64 Å². The van der Waals surface area contributed by atoms with Gasteiger partial charge in [-0.25, -0.2) is 0 Å². The topological polar surface area (TPSA) is 29.5 Å². The molecule has 0 aliphatic heterocycles. The van der Waals surface area contributed by atoms with Gasteiger partial charge in [-0.3, -0.25) is 4.79 Å². The maximum absolute atomic E-state index is 11.1. The Balaban J connectivity index is 3.27. The van der Waals surface area contributed by atoms with Crippen LogP contribution in [0.4, 0.5) is 0 Å². The molecule has 0 fully saturated rings. The lowest BCUT2D eigenvalue weighted by molar-refractivity contribution is 0.112. The van der Waals surface area contributed by atoms with E-state index in [1.807, 2.05) is 26.8 Å². The molecule has 1 aromatic rings. The van der Waals surface area contributed by atoms with E-state index in [1.54, 1.807) is 19.0 Å². The van der Waals surface area contributed by atoms with Crippen LogP contribution in [0.3, 0.4) is 0 Å². The minimum Gasteiger partial charge on any atom is -0.431 e. The first-order valence-corrected chi connectivity index (χ1v) is 5.74. The Bertz CT molecular complexity index is 467. The molecule has 0 unspecified atom stereocenters. The minimum atomic E-state index is 0.347. The standard InChI is InChI=1S/C13H17NO2S/c1-8-6-11(7-15)12(10(3)9(8)2)16-13(17)14(4)5/h6-7H,1-5H3. The van der Waals surface area contributed by atoms with Gasteiger partial charge in [-0.15, -0.1) is 0 Å². The molecule has 0 aliphatic carbocycles. The van der Waals surface area contributed by atoms with Crippen molar-refractivity contribution in [3.63, 3.8) is 0 Å². The molecule has 17 heavy (non-hydrogen) atoms. The molecule has 0 aliphatic rings. The highest BCUT2D eigenvalue weighted by Gasteiger charge is 2.14. The molecule has 0 amide bonds. The Kier molecular flexibility index (Phi) is 4.23. The summed E-state index contributed by atoms with van der Waals surface area (Å²) >= 11 is 5.09. The number of benzene rings is 1. The average Bonchev–Trinajstić information content (AvgIpc) is 2.29. The van der Waals surface area contributed by atoms with E-state index < -0.39 is 0 Å². The third kappa shape index (κ3) is 2.82. The van der Waals surface area contributed by atoms with E-state index in [-0.39, 0.29) is 0 Å². The molecule has 0 spiro atoms. The lowest BCUT2D eigenvalue weighted by Crippen LogP contribution is -2.25. The molecule has 0 N–H and O–H groups in total. The van der Waals surface area contributed by atoms with E-state index in [9.17, 15) is 4.79 Å². The summed E-state index contributed by atoms with van der Waals surface area (Å²) < 4.78 is 5.59. The summed E-state index contributed by atoms with van der Waals surface area (Å²) in [5, 5.41) is 0.347. The smallest absolute Gasteiger partial charge is 0.264 e. The van der Waals surface area contributed by atoms with Gasteiger partial charge in [0.1, 0.15) is 5.75 Å². The Morgan fingerprint density at radius 1 is 1.29 bits per heavy atom. The zero-order valence-electron chi connectivity index (χ0n) is 10.8. The maximum Gasteiger partial charge on any atom is 0.264 e. The van der Waals surface area contributed by atoms with Gasteiger partial charge in [-0.05, 0) is 55.7 Å². The second-order valence-corrected chi connectivity index (χ2v) is 4.59. The first-order chi connectivity index (χ1) is 7.88. The second-order valence-electron chi connectivity index (χ2n) is 4.24. The third-order valence-corrected chi connectivity index (χ3v) is 3.26. The monoisotopic (exact) mass is 251 g/mol. The van der Waals surface area contributed by atoms with Crippen LogP contribution < -0.4 is 4.74 Å². The largest absolute Gasteiger partial charge is 0.431 e. The van der Waals surface area contributed by atoms with E-state index in [2.05, 4.69) is 0 Å². The molecule has 0 saturated heterocycles. The molecular weight excluding hydrogens is 234 g/mol. The molecular formula is C13H17NO2S. The molecule has 0 radical (unpaired) electrons. The highest BCUT2D eigenvalue weighted by atomic mass is 32.1. The van der Waals surface area contributed by atoms with Crippen LogP contribution in [0.1, 0.15) is 27.0 Å². The first kappa shape index (κ1) is 13.6. The van der Waals surface area contributed by atoms with Crippen molar-refractivity contribution < 1.29 is 9.53 Å². The first-order valence-electron chi connectivity index (χ1n) is 5.33. The fraction of sp³-hybridized carbons (Fsp3) is 0.385. The Hall–Kier alpha value is -1.42. The number of carbonyl (C=O) groups excluding carboxylic acids is 1. The lowest BCUT2D eigenvalue weighted by Gasteiger charge is -2.18. The lowest BCUT2D eigenvalue weighted by atomic mass is 9.99. The highest BCUT2D eigenvalue weighted by Crippen LogP contribution is 2.28. The van der Waals surface area contributed by atoms with E-state index in [0.717, 1.165) is 23.0 Å². The van der Waals surface area contributed by atoms with Gasteiger partial charge in [0.05, 0.1) is 5.56 Å². The van der Waals surface area contributed by atoms with Gasteiger partial charge >= 0.3 is 0 Å². The number of aldehydes is 1. The minimum absolute atomic E-state index is 0.347. The van der Waals surface area contributed by atoms with Gasteiger partial charge in [-0.2, -0.15) is 0 Å². The second kappa shape index (κ2) is 5.27. The van der Waals surface area contributed by atoms with Crippen molar-refractivity contribution in [2.45, 2.75) is 20.8 Å². The van der Waals surface area contributed by atoms with Gasteiger partial charge in [0.15, 0.2) is 6.29 Å². The highest BCUT2D eigenvalue weighted by molar-refractivity contribution is 7.80. The fourth-order valence-electron chi connectivity index (χ4n) is 1.49. The van der Waals surface area contributed by atoms with Crippen molar-refractivity contribution in [2.24, 2.45) is 0 Å². The summed E-state index contributed by atoms with van der Waals surface area (Å²) in [4.78, 5) is 12.8. The van der Waals surface area contributed by atoms with Crippen LogP contribution in [0.2, 0.25) is 0 Å². The number of carbonyl (C=O) groups is 1. The summed E-state index contributed by atoms with van der Waals surface area (Å²) in [6.07, 6.45) is 0.799. The molecule has 0 heterocycles. The van der Waals surface area contributed by atoms with Gasteiger partial charge in [0.2, 0.25) is 0 Å².